The number of amides is 1. The number of ether oxygens (including phenoxy) is 1. The zero-order chi connectivity index (χ0) is 16.2. The number of aliphatic carboxylic acids is 1. The Morgan fingerprint density at radius 1 is 1.48 bits per heavy atom. The number of carboxylic acids is 1. The van der Waals surface area contributed by atoms with Crippen LogP contribution in [0.4, 0.5) is 0 Å². The van der Waals surface area contributed by atoms with E-state index in [4.69, 9.17) is 4.74 Å². The minimum atomic E-state index is -1.08. The van der Waals surface area contributed by atoms with Gasteiger partial charge in [-0.15, -0.1) is 0 Å². The van der Waals surface area contributed by atoms with E-state index in [2.05, 4.69) is 10.4 Å². The summed E-state index contributed by atoms with van der Waals surface area (Å²) in [6.45, 7) is 7.69. The molecule has 0 aromatic carbocycles. The Hall–Kier alpha value is -1.89. The van der Waals surface area contributed by atoms with Gasteiger partial charge in [0.15, 0.2) is 0 Å². The van der Waals surface area contributed by atoms with Gasteiger partial charge in [-0.3, -0.25) is 9.48 Å². The van der Waals surface area contributed by atoms with Crippen molar-refractivity contribution in [1.29, 1.82) is 0 Å². The second kappa shape index (κ2) is 6.71. The fourth-order valence-electron chi connectivity index (χ4n) is 1.80. The fourth-order valence-corrected chi connectivity index (χ4v) is 1.80. The van der Waals surface area contributed by atoms with Crippen LogP contribution in [0.25, 0.3) is 0 Å². The van der Waals surface area contributed by atoms with Crippen molar-refractivity contribution in [2.75, 3.05) is 6.61 Å². The number of hydrogen-bond acceptors (Lipinski definition) is 4. The van der Waals surface area contributed by atoms with Crippen LogP contribution in [0.5, 0.6) is 0 Å². The van der Waals surface area contributed by atoms with Crippen LogP contribution < -0.4 is 5.32 Å². The summed E-state index contributed by atoms with van der Waals surface area (Å²) in [7, 11) is 1.64. The van der Waals surface area contributed by atoms with Crippen molar-refractivity contribution in [1.82, 2.24) is 15.1 Å². The zero-order valence-electron chi connectivity index (χ0n) is 13.1. The number of aryl methyl sites for hydroxylation is 2. The van der Waals surface area contributed by atoms with E-state index >= 15 is 0 Å². The summed E-state index contributed by atoms with van der Waals surface area (Å²) < 4.78 is 6.92. The number of carbonyl (C=O) groups excluding carboxylic acids is 1. The molecule has 0 bridgehead atoms. The maximum atomic E-state index is 12.1. The topological polar surface area (TPSA) is 93.5 Å². The molecule has 7 nitrogen and oxygen atoms in total. The van der Waals surface area contributed by atoms with Crippen molar-refractivity contribution in [3.05, 3.63) is 17.5 Å². The number of rotatable bonds is 6. The van der Waals surface area contributed by atoms with Crippen molar-refractivity contribution in [2.24, 2.45) is 7.05 Å². The lowest BCUT2D eigenvalue weighted by Gasteiger charge is -2.21. The highest BCUT2D eigenvalue weighted by molar-refractivity contribution is 5.95. The number of hydrogen-bond donors (Lipinski definition) is 2. The fraction of sp³-hybridized carbons (Fsp3) is 0.643. The Kier molecular flexibility index (Phi) is 5.48. The zero-order valence-corrected chi connectivity index (χ0v) is 13.1. The van der Waals surface area contributed by atoms with Gasteiger partial charge in [-0.05, 0) is 33.8 Å². The Bertz CT molecular complexity index is 517. The van der Waals surface area contributed by atoms with Crippen molar-refractivity contribution >= 4 is 11.9 Å². The van der Waals surface area contributed by atoms with E-state index < -0.39 is 17.9 Å². The molecule has 7 heteroatoms. The predicted octanol–water partition coefficient (Wildman–Crippen LogP) is 1.12. The minimum Gasteiger partial charge on any atom is -0.480 e. The standard InChI is InChI=1S/C14H23N3O4/c1-9-8-11(17(5)16-9)12(18)15-10(13(19)20)6-7-21-14(2,3)4/h8,10H,6-7H2,1-5H3,(H,15,18)(H,19,20). The van der Waals surface area contributed by atoms with Crippen LogP contribution in [0.3, 0.4) is 0 Å². The molecule has 1 unspecified atom stereocenters. The predicted molar refractivity (Wildman–Crippen MR) is 77.2 cm³/mol. The van der Waals surface area contributed by atoms with Gasteiger partial charge < -0.3 is 15.2 Å². The summed E-state index contributed by atoms with van der Waals surface area (Å²) >= 11 is 0. The quantitative estimate of drug-likeness (QED) is 0.820. The van der Waals surface area contributed by atoms with E-state index in [1.807, 2.05) is 20.8 Å². The third-order valence-electron chi connectivity index (χ3n) is 2.78. The second-order valence-corrected chi connectivity index (χ2v) is 5.91. The summed E-state index contributed by atoms with van der Waals surface area (Å²) in [5.41, 5.74) is 0.688. The van der Waals surface area contributed by atoms with Gasteiger partial charge >= 0.3 is 5.97 Å². The maximum Gasteiger partial charge on any atom is 0.326 e. The van der Waals surface area contributed by atoms with Crippen molar-refractivity contribution in [2.45, 2.75) is 45.8 Å². The SMILES string of the molecule is Cc1cc(C(=O)NC(CCOC(C)(C)C)C(=O)O)n(C)n1. The normalized spacial score (nSPS) is 13.0. The van der Waals surface area contributed by atoms with E-state index in [0.717, 1.165) is 0 Å². The lowest BCUT2D eigenvalue weighted by Crippen LogP contribution is -2.42. The van der Waals surface area contributed by atoms with Gasteiger partial charge in [0, 0.05) is 20.1 Å². The highest BCUT2D eigenvalue weighted by Gasteiger charge is 2.23. The minimum absolute atomic E-state index is 0.204. The number of carboxylic acid groups (broad SMARTS) is 1. The summed E-state index contributed by atoms with van der Waals surface area (Å²) in [6.07, 6.45) is 0.204. The molecule has 2 N–H and O–H groups in total. The summed E-state index contributed by atoms with van der Waals surface area (Å²) in [5.74, 6) is -1.54. The van der Waals surface area contributed by atoms with Gasteiger partial charge in [0.25, 0.3) is 5.91 Å². The number of nitrogens with one attached hydrogen (secondary N) is 1. The van der Waals surface area contributed by atoms with Gasteiger partial charge in [-0.1, -0.05) is 0 Å². The molecule has 0 aliphatic rings. The van der Waals surface area contributed by atoms with Gasteiger partial charge in [0.2, 0.25) is 0 Å². The smallest absolute Gasteiger partial charge is 0.326 e. The van der Waals surface area contributed by atoms with E-state index in [1.165, 1.54) is 4.68 Å². The molecule has 1 aromatic heterocycles. The summed E-state index contributed by atoms with van der Waals surface area (Å²) in [5, 5.41) is 15.7. The average Bonchev–Trinajstić information content (AvgIpc) is 2.65. The van der Waals surface area contributed by atoms with Crippen LogP contribution in [0.2, 0.25) is 0 Å². The average molecular weight is 297 g/mol. The Balaban J connectivity index is 2.64. The molecule has 21 heavy (non-hydrogen) atoms. The first-order chi connectivity index (χ1) is 9.60. The summed E-state index contributed by atoms with van der Waals surface area (Å²) in [4.78, 5) is 23.3. The molecule has 0 spiro atoms. The molecule has 1 atom stereocenters. The molecule has 118 valence electrons. The lowest BCUT2D eigenvalue weighted by atomic mass is 10.1. The number of carbonyl (C=O) groups is 2. The second-order valence-electron chi connectivity index (χ2n) is 5.91. The van der Waals surface area contributed by atoms with Gasteiger partial charge in [-0.25, -0.2) is 4.79 Å². The largest absolute Gasteiger partial charge is 0.480 e. The molecule has 0 fully saturated rings. The maximum absolute atomic E-state index is 12.1. The van der Waals surface area contributed by atoms with Crippen molar-refractivity contribution in [3.63, 3.8) is 0 Å². The van der Waals surface area contributed by atoms with Crippen LogP contribution in [0.15, 0.2) is 6.07 Å². The lowest BCUT2D eigenvalue weighted by molar-refractivity contribution is -0.140. The monoisotopic (exact) mass is 297 g/mol. The van der Waals surface area contributed by atoms with Crippen LogP contribution >= 0.6 is 0 Å². The molecule has 0 aliphatic heterocycles. The Labute approximate surface area is 124 Å². The van der Waals surface area contributed by atoms with Gasteiger partial charge in [0.05, 0.1) is 11.3 Å². The molecule has 1 aromatic rings. The number of aromatic nitrogens is 2. The van der Waals surface area contributed by atoms with Gasteiger partial charge in [-0.2, -0.15) is 5.10 Å². The van der Waals surface area contributed by atoms with E-state index in [-0.39, 0.29) is 18.6 Å². The van der Waals surface area contributed by atoms with Crippen LogP contribution in [-0.4, -0.2) is 45.0 Å². The third-order valence-corrected chi connectivity index (χ3v) is 2.78. The van der Waals surface area contributed by atoms with Crippen molar-refractivity contribution < 1.29 is 19.4 Å². The first-order valence-electron chi connectivity index (χ1n) is 6.78. The highest BCUT2D eigenvalue weighted by Crippen LogP contribution is 2.09. The molecule has 0 saturated heterocycles. The molecule has 1 rings (SSSR count). The molecule has 0 radical (unpaired) electrons. The van der Waals surface area contributed by atoms with E-state index in [0.29, 0.717) is 11.4 Å². The van der Waals surface area contributed by atoms with Crippen molar-refractivity contribution in [3.8, 4) is 0 Å². The van der Waals surface area contributed by atoms with Crippen LogP contribution in [-0.2, 0) is 16.6 Å². The Morgan fingerprint density at radius 2 is 2.10 bits per heavy atom. The first-order valence-corrected chi connectivity index (χ1v) is 6.78. The molecule has 1 amide bonds. The molecule has 0 aliphatic carbocycles. The summed E-state index contributed by atoms with van der Waals surface area (Å²) in [6, 6.07) is 0.620. The first kappa shape index (κ1) is 17.2. The van der Waals surface area contributed by atoms with E-state index in [9.17, 15) is 14.7 Å². The van der Waals surface area contributed by atoms with Gasteiger partial charge in [0.1, 0.15) is 11.7 Å². The molecular formula is C14H23N3O4. The molecule has 1 heterocycles. The van der Waals surface area contributed by atoms with Crippen LogP contribution in [0.1, 0.15) is 43.4 Å². The Morgan fingerprint density at radius 3 is 2.52 bits per heavy atom. The van der Waals surface area contributed by atoms with Crippen LogP contribution in [0, 0.1) is 6.92 Å². The number of nitrogens with zero attached hydrogens (tertiary/aromatic N) is 2. The third kappa shape index (κ3) is 5.55. The van der Waals surface area contributed by atoms with E-state index in [1.54, 1.807) is 20.0 Å². The molecule has 0 saturated carbocycles. The highest BCUT2D eigenvalue weighted by atomic mass is 16.5. The molecular weight excluding hydrogens is 274 g/mol.